The maximum Gasteiger partial charge on any atom is 0.123 e. The highest BCUT2D eigenvalue weighted by Gasteiger charge is 2.41. The third-order valence-electron chi connectivity index (χ3n) is 3.12. The van der Waals surface area contributed by atoms with Crippen molar-refractivity contribution in [2.45, 2.75) is 32.3 Å². The Morgan fingerprint density at radius 3 is 2.64 bits per heavy atom. The highest BCUT2D eigenvalue weighted by molar-refractivity contribution is 5.32. The highest BCUT2D eigenvalue weighted by Crippen LogP contribution is 2.46. The highest BCUT2D eigenvalue weighted by atomic mass is 19.1. The molecule has 1 aliphatic carbocycles. The molecular weight excluding hydrogens is 179 g/mol. The summed E-state index contributed by atoms with van der Waals surface area (Å²) < 4.78 is 13.1. The molecule has 0 saturated heterocycles. The van der Waals surface area contributed by atoms with Crippen LogP contribution in [-0.2, 0) is 5.60 Å². The Morgan fingerprint density at radius 1 is 1.43 bits per heavy atom. The van der Waals surface area contributed by atoms with Crippen LogP contribution in [0.2, 0.25) is 0 Å². The van der Waals surface area contributed by atoms with Crippen molar-refractivity contribution in [1.82, 2.24) is 0 Å². The molecule has 2 heteroatoms. The van der Waals surface area contributed by atoms with Crippen LogP contribution in [0.3, 0.4) is 0 Å². The standard InChI is InChI=1S/C12H15FO/c1-8-3-6-10(13)7-11(8)12(2,14)9-4-5-9/h3,6-7,9,14H,4-5H2,1-2H3/t12-/m1/s1. The van der Waals surface area contributed by atoms with Gasteiger partial charge in [-0.3, -0.25) is 0 Å². The van der Waals surface area contributed by atoms with E-state index in [-0.39, 0.29) is 5.82 Å². The molecule has 1 N–H and O–H groups in total. The summed E-state index contributed by atoms with van der Waals surface area (Å²) in [6.45, 7) is 3.69. The van der Waals surface area contributed by atoms with E-state index >= 15 is 0 Å². The van der Waals surface area contributed by atoms with Crippen LogP contribution in [0.15, 0.2) is 18.2 Å². The van der Waals surface area contributed by atoms with Crippen molar-refractivity contribution >= 4 is 0 Å². The fraction of sp³-hybridized carbons (Fsp3) is 0.500. The number of halogens is 1. The number of hydrogen-bond acceptors (Lipinski definition) is 1. The van der Waals surface area contributed by atoms with E-state index in [0.29, 0.717) is 5.92 Å². The van der Waals surface area contributed by atoms with E-state index in [0.717, 1.165) is 24.0 Å². The lowest BCUT2D eigenvalue weighted by Crippen LogP contribution is -2.25. The molecule has 1 saturated carbocycles. The minimum atomic E-state index is -0.855. The lowest BCUT2D eigenvalue weighted by molar-refractivity contribution is 0.0321. The maximum absolute atomic E-state index is 13.1. The first-order valence-corrected chi connectivity index (χ1v) is 5.01. The third kappa shape index (κ3) is 1.55. The van der Waals surface area contributed by atoms with Crippen LogP contribution in [-0.4, -0.2) is 5.11 Å². The first kappa shape index (κ1) is 9.66. The molecule has 0 aliphatic heterocycles. The molecule has 76 valence electrons. The minimum Gasteiger partial charge on any atom is -0.385 e. The van der Waals surface area contributed by atoms with Gasteiger partial charge >= 0.3 is 0 Å². The van der Waals surface area contributed by atoms with Crippen molar-refractivity contribution in [2.75, 3.05) is 0 Å². The molecule has 1 nitrogen and oxygen atoms in total. The summed E-state index contributed by atoms with van der Waals surface area (Å²) in [5, 5.41) is 10.3. The molecule has 0 unspecified atom stereocenters. The van der Waals surface area contributed by atoms with E-state index < -0.39 is 5.60 Å². The Hall–Kier alpha value is -0.890. The van der Waals surface area contributed by atoms with E-state index in [1.165, 1.54) is 12.1 Å². The lowest BCUT2D eigenvalue weighted by atomic mass is 9.88. The lowest BCUT2D eigenvalue weighted by Gasteiger charge is -2.25. The predicted molar refractivity (Wildman–Crippen MR) is 53.4 cm³/mol. The smallest absolute Gasteiger partial charge is 0.123 e. The van der Waals surface area contributed by atoms with Gasteiger partial charge in [-0.05, 0) is 55.9 Å². The second kappa shape index (κ2) is 3.06. The molecule has 0 heterocycles. The van der Waals surface area contributed by atoms with Crippen molar-refractivity contribution < 1.29 is 9.50 Å². The summed E-state index contributed by atoms with van der Waals surface area (Å²) in [5.41, 5.74) is 0.843. The van der Waals surface area contributed by atoms with Gasteiger partial charge in [-0.25, -0.2) is 4.39 Å². The Kier molecular flexibility index (Phi) is 2.11. The molecule has 0 bridgehead atoms. The molecule has 0 amide bonds. The van der Waals surface area contributed by atoms with Crippen LogP contribution >= 0.6 is 0 Å². The third-order valence-corrected chi connectivity index (χ3v) is 3.12. The normalized spacial score (nSPS) is 20.6. The van der Waals surface area contributed by atoms with E-state index in [9.17, 15) is 9.50 Å². The summed E-state index contributed by atoms with van der Waals surface area (Å²) in [7, 11) is 0. The van der Waals surface area contributed by atoms with E-state index in [1.807, 2.05) is 6.92 Å². The van der Waals surface area contributed by atoms with Gasteiger partial charge < -0.3 is 5.11 Å². The summed E-state index contributed by atoms with van der Waals surface area (Å²) in [5.74, 6) is 0.0366. The number of aryl methyl sites for hydroxylation is 1. The zero-order chi connectivity index (χ0) is 10.3. The monoisotopic (exact) mass is 194 g/mol. The van der Waals surface area contributed by atoms with Crippen LogP contribution in [0.4, 0.5) is 4.39 Å². The summed E-state index contributed by atoms with van der Waals surface area (Å²) >= 11 is 0. The van der Waals surface area contributed by atoms with Crippen LogP contribution in [0.5, 0.6) is 0 Å². The topological polar surface area (TPSA) is 20.2 Å². The molecule has 0 spiro atoms. The van der Waals surface area contributed by atoms with Gasteiger partial charge in [-0.2, -0.15) is 0 Å². The zero-order valence-electron chi connectivity index (χ0n) is 8.55. The Bertz CT molecular complexity index is 353. The summed E-state index contributed by atoms with van der Waals surface area (Å²) in [6.07, 6.45) is 2.09. The van der Waals surface area contributed by atoms with Gasteiger partial charge in [-0.1, -0.05) is 6.07 Å². The summed E-state index contributed by atoms with van der Waals surface area (Å²) in [4.78, 5) is 0. The minimum absolute atomic E-state index is 0.272. The van der Waals surface area contributed by atoms with Gasteiger partial charge in [0.2, 0.25) is 0 Å². The SMILES string of the molecule is Cc1ccc(F)cc1[C@](C)(O)C1CC1. The Balaban J connectivity index is 2.43. The maximum atomic E-state index is 13.1. The fourth-order valence-corrected chi connectivity index (χ4v) is 2.00. The van der Waals surface area contributed by atoms with Crippen LogP contribution in [0, 0.1) is 18.7 Å². The predicted octanol–water partition coefficient (Wildman–Crippen LogP) is 2.75. The first-order valence-electron chi connectivity index (χ1n) is 5.01. The molecule has 1 aromatic carbocycles. The van der Waals surface area contributed by atoms with Crippen molar-refractivity contribution in [3.05, 3.63) is 35.1 Å². The van der Waals surface area contributed by atoms with E-state index in [2.05, 4.69) is 0 Å². The second-order valence-corrected chi connectivity index (χ2v) is 4.38. The molecule has 0 aromatic heterocycles. The van der Waals surface area contributed by atoms with Crippen molar-refractivity contribution in [3.63, 3.8) is 0 Å². The van der Waals surface area contributed by atoms with Gasteiger partial charge in [0.1, 0.15) is 5.82 Å². The van der Waals surface area contributed by atoms with Gasteiger partial charge in [-0.15, -0.1) is 0 Å². The molecule has 1 aromatic rings. The average molecular weight is 194 g/mol. The summed E-state index contributed by atoms with van der Waals surface area (Å²) in [6, 6.07) is 4.61. The molecule has 0 radical (unpaired) electrons. The first-order chi connectivity index (χ1) is 6.51. The molecule has 1 aliphatic rings. The van der Waals surface area contributed by atoms with Gasteiger partial charge in [0, 0.05) is 0 Å². The average Bonchev–Trinajstić information content (AvgIpc) is 2.91. The Morgan fingerprint density at radius 2 is 2.07 bits per heavy atom. The van der Waals surface area contributed by atoms with Crippen molar-refractivity contribution in [3.8, 4) is 0 Å². The van der Waals surface area contributed by atoms with Crippen LogP contribution < -0.4 is 0 Å². The zero-order valence-corrected chi connectivity index (χ0v) is 8.55. The largest absolute Gasteiger partial charge is 0.385 e. The molecule has 2 rings (SSSR count). The fourth-order valence-electron chi connectivity index (χ4n) is 2.00. The Labute approximate surface area is 83.6 Å². The van der Waals surface area contributed by atoms with Crippen molar-refractivity contribution in [2.24, 2.45) is 5.92 Å². The number of benzene rings is 1. The van der Waals surface area contributed by atoms with E-state index in [1.54, 1.807) is 13.0 Å². The van der Waals surface area contributed by atoms with Crippen molar-refractivity contribution in [1.29, 1.82) is 0 Å². The van der Waals surface area contributed by atoms with E-state index in [4.69, 9.17) is 0 Å². The molecular formula is C12H15FO. The van der Waals surface area contributed by atoms with Crippen LogP contribution in [0.25, 0.3) is 0 Å². The van der Waals surface area contributed by atoms with Crippen LogP contribution in [0.1, 0.15) is 30.9 Å². The second-order valence-electron chi connectivity index (χ2n) is 4.38. The van der Waals surface area contributed by atoms with Gasteiger partial charge in [0.05, 0.1) is 5.60 Å². The quantitative estimate of drug-likeness (QED) is 0.767. The van der Waals surface area contributed by atoms with Gasteiger partial charge in [0.15, 0.2) is 0 Å². The molecule has 14 heavy (non-hydrogen) atoms. The molecule has 1 fully saturated rings. The number of hydrogen-bond donors (Lipinski definition) is 1. The molecule has 1 atom stereocenters. The number of rotatable bonds is 2. The number of aliphatic hydroxyl groups is 1. The van der Waals surface area contributed by atoms with Gasteiger partial charge in [0.25, 0.3) is 0 Å².